The maximum Gasteiger partial charge on any atom is 0.149 e. The molecule has 1 rings (SSSR count). The molecule has 91 valence electrons. The van der Waals surface area contributed by atoms with Crippen LogP contribution < -0.4 is 15.2 Å². The fourth-order valence-electron chi connectivity index (χ4n) is 1.31. The van der Waals surface area contributed by atoms with Gasteiger partial charge in [0.15, 0.2) is 0 Å². The number of nitrogens with zero attached hydrogens (tertiary/aromatic N) is 1. The molecule has 0 amide bonds. The van der Waals surface area contributed by atoms with Crippen molar-refractivity contribution in [1.82, 2.24) is 5.73 Å². The van der Waals surface area contributed by atoms with E-state index in [1.807, 2.05) is 19.9 Å². The molecule has 0 atom stereocenters. The van der Waals surface area contributed by atoms with Crippen molar-refractivity contribution in [3.63, 3.8) is 0 Å². The maximum atomic E-state index is 8.91. The highest BCUT2D eigenvalue weighted by molar-refractivity contribution is 5.63. The normalized spacial score (nSPS) is 9.71. The van der Waals surface area contributed by atoms with Crippen molar-refractivity contribution in [2.45, 2.75) is 26.7 Å². The fraction of sp³-hybridized carbons (Fsp3) is 0.462. The summed E-state index contributed by atoms with van der Waals surface area (Å²) in [6.45, 7) is 5.06. The Kier molecular flexibility index (Phi) is 5.15. The second-order valence-electron chi connectivity index (χ2n) is 3.66. The number of nitrogens with one attached hydrogen (secondary N) is 1. The molecule has 17 heavy (non-hydrogen) atoms. The van der Waals surface area contributed by atoms with Gasteiger partial charge in [0.2, 0.25) is 0 Å². The zero-order valence-electron chi connectivity index (χ0n) is 10.2. The first kappa shape index (κ1) is 13.2. The Morgan fingerprint density at radius 1 is 1.12 bits per heavy atom. The van der Waals surface area contributed by atoms with Gasteiger partial charge in [0.05, 0.1) is 24.8 Å². The van der Waals surface area contributed by atoms with Crippen molar-refractivity contribution in [3.8, 4) is 17.6 Å². The minimum atomic E-state index is 0.214. The van der Waals surface area contributed by atoms with E-state index in [4.69, 9.17) is 20.5 Å². The van der Waals surface area contributed by atoms with Crippen LogP contribution in [0.1, 0.15) is 32.3 Å². The van der Waals surface area contributed by atoms with Crippen LogP contribution in [-0.4, -0.2) is 13.2 Å². The molecule has 0 fully saturated rings. The van der Waals surface area contributed by atoms with Gasteiger partial charge in [0.25, 0.3) is 0 Å². The molecular formula is C13H17N2O2. The van der Waals surface area contributed by atoms with Crippen molar-refractivity contribution < 1.29 is 9.47 Å². The highest BCUT2D eigenvalue weighted by atomic mass is 16.5. The zero-order chi connectivity index (χ0) is 12.7. The first-order valence-corrected chi connectivity index (χ1v) is 5.78. The third-order valence-electron chi connectivity index (χ3n) is 2.12. The lowest BCUT2D eigenvalue weighted by Gasteiger charge is -2.12. The van der Waals surface area contributed by atoms with Crippen LogP contribution in [0.2, 0.25) is 0 Å². The number of ether oxygens (including phenoxy) is 2. The van der Waals surface area contributed by atoms with Gasteiger partial charge in [-0.1, -0.05) is 13.8 Å². The fourth-order valence-corrected chi connectivity index (χ4v) is 1.31. The van der Waals surface area contributed by atoms with Gasteiger partial charge < -0.3 is 9.47 Å². The van der Waals surface area contributed by atoms with E-state index >= 15 is 0 Å². The van der Waals surface area contributed by atoms with Gasteiger partial charge in [-0.25, -0.2) is 0 Å². The third-order valence-corrected chi connectivity index (χ3v) is 2.12. The molecule has 4 nitrogen and oxygen atoms in total. The largest absolute Gasteiger partial charge is 0.491 e. The molecule has 0 aliphatic carbocycles. The molecule has 0 saturated carbocycles. The Morgan fingerprint density at radius 2 is 1.59 bits per heavy atom. The van der Waals surface area contributed by atoms with Crippen LogP contribution in [-0.2, 0) is 0 Å². The van der Waals surface area contributed by atoms with Gasteiger partial charge in [-0.3, -0.25) is 5.73 Å². The van der Waals surface area contributed by atoms with Crippen LogP contribution in [0.25, 0.3) is 0 Å². The van der Waals surface area contributed by atoms with Crippen molar-refractivity contribution in [1.29, 1.82) is 5.26 Å². The van der Waals surface area contributed by atoms with Gasteiger partial charge >= 0.3 is 0 Å². The highest BCUT2D eigenvalue weighted by Gasteiger charge is 2.11. The van der Waals surface area contributed by atoms with Crippen LogP contribution >= 0.6 is 0 Å². The van der Waals surface area contributed by atoms with E-state index < -0.39 is 0 Å². The second kappa shape index (κ2) is 6.64. The van der Waals surface area contributed by atoms with E-state index in [1.165, 1.54) is 0 Å². The molecule has 0 aliphatic heterocycles. The van der Waals surface area contributed by atoms with Crippen molar-refractivity contribution >= 4 is 5.69 Å². The van der Waals surface area contributed by atoms with Crippen molar-refractivity contribution in [3.05, 3.63) is 17.7 Å². The first-order valence-electron chi connectivity index (χ1n) is 5.78. The number of benzene rings is 1. The summed E-state index contributed by atoms with van der Waals surface area (Å²) >= 11 is 0. The molecule has 0 spiro atoms. The van der Waals surface area contributed by atoms with Crippen LogP contribution in [0.4, 0.5) is 5.69 Å². The summed E-state index contributed by atoms with van der Waals surface area (Å²) in [5, 5.41) is 8.91. The summed E-state index contributed by atoms with van der Waals surface area (Å²) in [5.41, 5.74) is 8.59. The van der Waals surface area contributed by atoms with E-state index in [9.17, 15) is 0 Å². The summed E-state index contributed by atoms with van der Waals surface area (Å²) < 4.78 is 10.9. The minimum absolute atomic E-state index is 0.214. The zero-order valence-corrected chi connectivity index (χ0v) is 10.2. The number of rotatable bonds is 6. The standard InChI is InChI=1S/C13H17N2O2/c1-3-5-16-11-7-10(9-14)8-12(13(11)15)17-6-4-2/h7-8,15H,3-6H2,1-2H3. The van der Waals surface area contributed by atoms with Gasteiger partial charge in [0, 0.05) is 12.1 Å². The van der Waals surface area contributed by atoms with E-state index in [0.717, 1.165) is 12.8 Å². The number of hydrogen-bond acceptors (Lipinski definition) is 3. The Bertz CT molecular complexity index is 381. The Labute approximate surface area is 102 Å². The lowest BCUT2D eigenvalue weighted by atomic mass is 10.2. The number of hydrogen-bond donors (Lipinski definition) is 0. The molecule has 0 aliphatic rings. The van der Waals surface area contributed by atoms with E-state index in [-0.39, 0.29) is 5.69 Å². The van der Waals surface area contributed by atoms with Crippen molar-refractivity contribution in [2.24, 2.45) is 0 Å². The molecule has 0 unspecified atom stereocenters. The molecule has 1 N–H and O–H groups in total. The Balaban J connectivity index is 2.99. The van der Waals surface area contributed by atoms with E-state index in [2.05, 4.69) is 0 Å². The van der Waals surface area contributed by atoms with Crippen LogP contribution in [0.15, 0.2) is 12.1 Å². The first-order chi connectivity index (χ1) is 8.22. The highest BCUT2D eigenvalue weighted by Crippen LogP contribution is 2.34. The SMILES string of the molecule is CCCOc1cc(C#N)cc(OCCC)c1[NH]. The minimum Gasteiger partial charge on any atom is -0.491 e. The van der Waals surface area contributed by atoms with Gasteiger partial charge in [0.1, 0.15) is 17.2 Å². The number of nitriles is 1. The molecule has 1 radical (unpaired) electrons. The molecule has 0 heterocycles. The topological polar surface area (TPSA) is 66.0 Å². The monoisotopic (exact) mass is 233 g/mol. The Hall–Kier alpha value is -1.89. The molecule has 1 aromatic rings. The summed E-state index contributed by atoms with van der Waals surface area (Å²) in [4.78, 5) is 0. The summed E-state index contributed by atoms with van der Waals surface area (Å²) in [6.07, 6.45) is 1.72. The predicted molar refractivity (Wildman–Crippen MR) is 65.5 cm³/mol. The lowest BCUT2D eigenvalue weighted by molar-refractivity contribution is 0.303. The van der Waals surface area contributed by atoms with Crippen molar-refractivity contribution in [2.75, 3.05) is 13.2 Å². The predicted octanol–water partition coefficient (Wildman–Crippen LogP) is 3.05. The van der Waals surface area contributed by atoms with E-state index in [0.29, 0.717) is 30.3 Å². The molecule has 0 bridgehead atoms. The molecule has 4 heteroatoms. The quantitative estimate of drug-likeness (QED) is 0.758. The summed E-state index contributed by atoms with van der Waals surface area (Å²) in [7, 11) is 0. The molecule has 0 saturated heterocycles. The Morgan fingerprint density at radius 3 is 1.94 bits per heavy atom. The average molecular weight is 233 g/mol. The van der Waals surface area contributed by atoms with Crippen LogP contribution in [0.3, 0.4) is 0 Å². The molecule has 1 aromatic carbocycles. The summed E-state index contributed by atoms with van der Waals surface area (Å²) in [5.74, 6) is 0.828. The third kappa shape index (κ3) is 3.56. The van der Waals surface area contributed by atoms with Crippen LogP contribution in [0.5, 0.6) is 11.5 Å². The van der Waals surface area contributed by atoms with Gasteiger partial charge in [-0.15, -0.1) is 0 Å². The molecular weight excluding hydrogens is 216 g/mol. The smallest absolute Gasteiger partial charge is 0.149 e. The van der Waals surface area contributed by atoms with Gasteiger partial charge in [-0.05, 0) is 12.8 Å². The lowest BCUT2D eigenvalue weighted by Crippen LogP contribution is -2.01. The van der Waals surface area contributed by atoms with Crippen LogP contribution in [0, 0.1) is 11.3 Å². The maximum absolute atomic E-state index is 8.91. The summed E-state index contributed by atoms with van der Waals surface area (Å²) in [6, 6.07) is 5.20. The molecule has 0 aromatic heterocycles. The van der Waals surface area contributed by atoms with Gasteiger partial charge in [-0.2, -0.15) is 5.26 Å². The second-order valence-corrected chi connectivity index (χ2v) is 3.66. The average Bonchev–Trinajstić information content (AvgIpc) is 2.36. The van der Waals surface area contributed by atoms with E-state index in [1.54, 1.807) is 12.1 Å².